The maximum Gasteiger partial charge on any atom is 0.353 e. The highest BCUT2D eigenvalue weighted by Crippen LogP contribution is 2.53. The molecule has 0 radical (unpaired) electrons. The van der Waals surface area contributed by atoms with E-state index < -0.39 is 25.3 Å². The molecule has 0 aliphatic carbocycles. The van der Waals surface area contributed by atoms with Crippen LogP contribution in [0.3, 0.4) is 0 Å². The van der Waals surface area contributed by atoms with Gasteiger partial charge in [-0.25, -0.2) is 0 Å². The van der Waals surface area contributed by atoms with Crippen molar-refractivity contribution < 1.29 is 27.9 Å². The molecule has 0 aliphatic rings. The third-order valence-electron chi connectivity index (χ3n) is 6.87. The van der Waals surface area contributed by atoms with Crippen LogP contribution in [-0.2, 0) is 44.5 Å². The smallest absolute Gasteiger partial charge is 0.353 e. The molecule has 0 fully saturated rings. The van der Waals surface area contributed by atoms with E-state index in [1.807, 2.05) is 109 Å². The van der Waals surface area contributed by atoms with Crippen molar-refractivity contribution in [3.05, 3.63) is 131 Å². The fraction of sp³-hybridized carbons (Fsp3) is 0.286. The maximum absolute atomic E-state index is 13.8. The first-order chi connectivity index (χ1) is 21.4. The number of ether oxygens (including phenoxy) is 2. The number of nitrogens with one attached hydrogen (secondary N) is 1. The first-order valence-corrected chi connectivity index (χ1v) is 16.5. The van der Waals surface area contributed by atoms with E-state index >= 15 is 0 Å². The molecule has 4 rings (SSSR count). The van der Waals surface area contributed by atoms with Gasteiger partial charge in [-0.3, -0.25) is 9.36 Å². The van der Waals surface area contributed by atoms with Gasteiger partial charge in [0.1, 0.15) is 30.5 Å². The lowest BCUT2D eigenvalue weighted by molar-refractivity contribution is -0.122. The van der Waals surface area contributed by atoms with Gasteiger partial charge in [-0.2, -0.15) is 0 Å². The summed E-state index contributed by atoms with van der Waals surface area (Å²) >= 11 is 0. The number of hydrogen-bond acceptors (Lipinski definition) is 7. The van der Waals surface area contributed by atoms with Crippen LogP contribution in [0.15, 0.2) is 109 Å². The van der Waals surface area contributed by atoms with Gasteiger partial charge in [0.2, 0.25) is 5.91 Å². The van der Waals surface area contributed by atoms with Crippen LogP contribution in [-0.4, -0.2) is 30.9 Å². The highest BCUT2D eigenvalue weighted by atomic mass is 31.2. The molecule has 0 saturated heterocycles. The number of amides is 1. The van der Waals surface area contributed by atoms with Crippen molar-refractivity contribution in [2.45, 2.75) is 51.7 Å². The highest BCUT2D eigenvalue weighted by molar-refractivity contribution is 7.54. The van der Waals surface area contributed by atoms with E-state index in [2.05, 4.69) is 5.32 Å². The summed E-state index contributed by atoms with van der Waals surface area (Å²) in [6.45, 7) is 4.73. The lowest BCUT2D eigenvalue weighted by Crippen LogP contribution is -2.47. The van der Waals surface area contributed by atoms with Crippen molar-refractivity contribution >= 4 is 13.5 Å². The Morgan fingerprint density at radius 3 is 1.52 bits per heavy atom. The molecule has 2 atom stereocenters. The Labute approximate surface area is 260 Å². The van der Waals surface area contributed by atoms with Crippen molar-refractivity contribution in [2.24, 2.45) is 5.73 Å². The molecule has 0 aliphatic heterocycles. The average molecular weight is 617 g/mol. The standard InChI is InChI=1S/C35H41N2O6P/c1-3-42-44(39,43-4-2)34(24-28-17-21-32(22-18-28)41-26-30-13-9-6-10-14-30)37-35(38)33(36)23-27-15-19-31(20-16-27)40-25-29-11-7-5-8-12-29/h5-22,33-34H,3-4,23-26,36H2,1-2H3,(H,37,38)/t33-,34?/m0/s1. The summed E-state index contributed by atoms with van der Waals surface area (Å²) in [4.78, 5) is 13.3. The van der Waals surface area contributed by atoms with Crippen LogP contribution in [0, 0.1) is 0 Å². The average Bonchev–Trinajstić information content (AvgIpc) is 3.05. The Hall–Kier alpha value is -3.94. The monoisotopic (exact) mass is 616 g/mol. The second-order valence-corrected chi connectivity index (χ2v) is 12.5. The molecule has 8 nitrogen and oxygen atoms in total. The normalized spacial score (nSPS) is 12.7. The molecule has 44 heavy (non-hydrogen) atoms. The van der Waals surface area contributed by atoms with E-state index in [0.717, 1.165) is 28.0 Å². The highest BCUT2D eigenvalue weighted by Gasteiger charge is 2.37. The number of rotatable bonds is 17. The van der Waals surface area contributed by atoms with Crippen molar-refractivity contribution in [1.29, 1.82) is 0 Å². The fourth-order valence-corrected chi connectivity index (χ4v) is 6.46. The molecule has 1 amide bonds. The first kappa shape index (κ1) is 33.0. The van der Waals surface area contributed by atoms with E-state index in [-0.39, 0.29) is 19.6 Å². The quantitative estimate of drug-likeness (QED) is 0.128. The number of carbonyl (C=O) groups excluding carboxylic acids is 1. The largest absolute Gasteiger partial charge is 0.489 e. The van der Waals surface area contributed by atoms with Crippen molar-refractivity contribution in [3.8, 4) is 11.5 Å². The third kappa shape index (κ3) is 10.1. The number of carbonyl (C=O) groups is 1. The minimum Gasteiger partial charge on any atom is -0.489 e. The van der Waals surface area contributed by atoms with E-state index in [4.69, 9.17) is 24.3 Å². The Morgan fingerprint density at radius 2 is 1.09 bits per heavy atom. The van der Waals surface area contributed by atoms with Crippen LogP contribution in [0.4, 0.5) is 0 Å². The van der Waals surface area contributed by atoms with Gasteiger partial charge < -0.3 is 29.6 Å². The zero-order valence-electron chi connectivity index (χ0n) is 25.3. The van der Waals surface area contributed by atoms with Crippen molar-refractivity contribution in [1.82, 2.24) is 5.32 Å². The Morgan fingerprint density at radius 1 is 0.659 bits per heavy atom. The van der Waals surface area contributed by atoms with Crippen LogP contribution in [0.2, 0.25) is 0 Å². The van der Waals surface area contributed by atoms with Gasteiger partial charge >= 0.3 is 7.60 Å². The molecular weight excluding hydrogens is 575 g/mol. The lowest BCUT2D eigenvalue weighted by atomic mass is 10.1. The minimum atomic E-state index is -3.71. The molecule has 0 heterocycles. The lowest BCUT2D eigenvalue weighted by Gasteiger charge is -2.28. The Kier molecular flexibility index (Phi) is 12.6. The maximum atomic E-state index is 13.8. The van der Waals surface area contributed by atoms with Gasteiger partial charge in [0, 0.05) is 6.42 Å². The third-order valence-corrected chi connectivity index (χ3v) is 9.18. The summed E-state index contributed by atoms with van der Waals surface area (Å²) in [6.07, 6.45) is 0.515. The molecule has 0 spiro atoms. The Balaban J connectivity index is 1.38. The predicted octanol–water partition coefficient (Wildman–Crippen LogP) is 6.67. The van der Waals surface area contributed by atoms with Gasteiger partial charge in [0.05, 0.1) is 19.3 Å². The van der Waals surface area contributed by atoms with E-state index in [9.17, 15) is 9.36 Å². The van der Waals surface area contributed by atoms with E-state index in [1.54, 1.807) is 13.8 Å². The zero-order valence-corrected chi connectivity index (χ0v) is 26.2. The fourth-order valence-electron chi connectivity index (χ4n) is 4.59. The molecule has 0 saturated carbocycles. The summed E-state index contributed by atoms with van der Waals surface area (Å²) in [5, 5.41) is 2.87. The summed E-state index contributed by atoms with van der Waals surface area (Å²) in [5.74, 6) is 0.0590. The van der Waals surface area contributed by atoms with E-state index in [1.165, 1.54) is 0 Å². The van der Waals surface area contributed by atoms with Gasteiger partial charge in [0.15, 0.2) is 0 Å². The number of benzene rings is 4. The van der Waals surface area contributed by atoms with Crippen LogP contribution in [0.1, 0.15) is 36.1 Å². The molecule has 1 unspecified atom stereocenters. The van der Waals surface area contributed by atoms with Gasteiger partial charge in [-0.15, -0.1) is 0 Å². The molecule has 0 aromatic heterocycles. The molecule has 0 bridgehead atoms. The minimum absolute atomic E-state index is 0.167. The van der Waals surface area contributed by atoms with Crippen LogP contribution >= 0.6 is 7.60 Å². The second-order valence-electron chi connectivity index (χ2n) is 10.3. The van der Waals surface area contributed by atoms with Crippen molar-refractivity contribution in [3.63, 3.8) is 0 Å². The van der Waals surface area contributed by atoms with Crippen LogP contribution < -0.4 is 20.5 Å². The van der Waals surface area contributed by atoms with Gasteiger partial charge in [-0.05, 0) is 66.8 Å². The molecular formula is C35H41N2O6P. The first-order valence-electron chi connectivity index (χ1n) is 14.8. The number of nitrogens with two attached hydrogens (primary N) is 1. The van der Waals surface area contributed by atoms with Crippen molar-refractivity contribution in [2.75, 3.05) is 13.2 Å². The predicted molar refractivity (Wildman–Crippen MR) is 173 cm³/mol. The summed E-state index contributed by atoms with van der Waals surface area (Å²) in [7, 11) is -3.71. The molecule has 4 aromatic carbocycles. The molecule has 9 heteroatoms. The van der Waals surface area contributed by atoms with Gasteiger partial charge in [0.25, 0.3) is 0 Å². The SMILES string of the molecule is CCOP(=O)(OCC)C(Cc1ccc(OCc2ccccc2)cc1)NC(=O)[C@@H](N)Cc1ccc(OCc2ccccc2)cc1. The summed E-state index contributed by atoms with van der Waals surface area (Å²) in [5.41, 5.74) is 10.2. The summed E-state index contributed by atoms with van der Waals surface area (Å²) in [6, 6.07) is 33.9. The number of hydrogen-bond donors (Lipinski definition) is 2. The molecule has 4 aromatic rings. The summed E-state index contributed by atoms with van der Waals surface area (Å²) < 4.78 is 36.8. The van der Waals surface area contributed by atoms with E-state index in [0.29, 0.717) is 25.4 Å². The van der Waals surface area contributed by atoms with Gasteiger partial charge in [-0.1, -0.05) is 84.9 Å². The van der Waals surface area contributed by atoms with Crippen LogP contribution in [0.25, 0.3) is 0 Å². The zero-order chi connectivity index (χ0) is 31.2. The molecule has 3 N–H and O–H groups in total. The van der Waals surface area contributed by atoms with Crippen LogP contribution in [0.5, 0.6) is 11.5 Å². The second kappa shape index (κ2) is 16.8. The topological polar surface area (TPSA) is 109 Å². The Bertz CT molecular complexity index is 1460. The molecule has 232 valence electrons.